The fourth-order valence-electron chi connectivity index (χ4n) is 1.96. The molecule has 6 nitrogen and oxygen atoms in total. The van der Waals surface area contributed by atoms with E-state index in [2.05, 4.69) is 10.3 Å². The number of hydrogen-bond donors (Lipinski definition) is 2. The number of anilines is 1. The Labute approximate surface area is 115 Å². The van der Waals surface area contributed by atoms with Crippen LogP contribution in [0.4, 0.5) is 5.82 Å². The number of carbonyl (C=O) groups is 1. The van der Waals surface area contributed by atoms with Gasteiger partial charge in [-0.05, 0) is 6.07 Å². The molecular weight excluding hydrogens is 270 g/mol. The maximum absolute atomic E-state index is 11.5. The Hall–Kier alpha value is -1.84. The molecular formula is C12H12ClN3O3. The molecule has 0 radical (unpaired) electrons. The number of nitriles is 1. The second-order valence-electron chi connectivity index (χ2n) is 4.26. The Morgan fingerprint density at radius 2 is 2.26 bits per heavy atom. The van der Waals surface area contributed by atoms with Crippen molar-refractivity contribution in [3.8, 4) is 6.07 Å². The van der Waals surface area contributed by atoms with Gasteiger partial charge >= 0.3 is 5.97 Å². The van der Waals surface area contributed by atoms with E-state index in [-0.39, 0.29) is 16.4 Å². The molecule has 2 heterocycles. The molecule has 0 bridgehead atoms. The van der Waals surface area contributed by atoms with E-state index in [1.165, 1.54) is 12.3 Å². The Balaban J connectivity index is 2.33. The van der Waals surface area contributed by atoms with Crippen molar-refractivity contribution in [3.63, 3.8) is 0 Å². The van der Waals surface area contributed by atoms with E-state index in [0.29, 0.717) is 26.1 Å². The molecule has 0 unspecified atom stereocenters. The zero-order valence-electron chi connectivity index (χ0n) is 10.0. The zero-order valence-corrected chi connectivity index (χ0v) is 10.8. The number of nitrogens with one attached hydrogen (secondary N) is 1. The molecule has 2 rings (SSSR count). The van der Waals surface area contributed by atoms with Gasteiger partial charge in [0.25, 0.3) is 0 Å². The summed E-state index contributed by atoms with van der Waals surface area (Å²) in [5.41, 5.74) is -0.894. The van der Waals surface area contributed by atoms with Crippen LogP contribution in [-0.2, 0) is 9.53 Å². The summed E-state index contributed by atoms with van der Waals surface area (Å²) < 4.78 is 5.18. The summed E-state index contributed by atoms with van der Waals surface area (Å²) >= 11 is 6.02. The predicted octanol–water partition coefficient (Wildman–Crippen LogP) is 1.65. The molecule has 0 saturated carbocycles. The highest BCUT2D eigenvalue weighted by atomic mass is 35.5. The maximum atomic E-state index is 11.5. The third-order valence-electron chi connectivity index (χ3n) is 3.12. The number of pyridine rings is 1. The highest BCUT2D eigenvalue weighted by molar-refractivity contribution is 6.34. The quantitative estimate of drug-likeness (QED) is 0.875. The highest BCUT2D eigenvalue weighted by Gasteiger charge is 2.41. The molecule has 1 fully saturated rings. The summed E-state index contributed by atoms with van der Waals surface area (Å²) in [5, 5.41) is 21.3. The summed E-state index contributed by atoms with van der Waals surface area (Å²) in [6.45, 7) is 0.712. The molecule has 0 aliphatic carbocycles. The lowest BCUT2D eigenvalue weighted by molar-refractivity contribution is -0.145. The Bertz CT molecular complexity index is 536. The largest absolute Gasteiger partial charge is 0.480 e. The molecule has 1 aromatic heterocycles. The first kappa shape index (κ1) is 13.6. The van der Waals surface area contributed by atoms with Gasteiger partial charge in [-0.3, -0.25) is 0 Å². The van der Waals surface area contributed by atoms with Crippen LogP contribution < -0.4 is 5.32 Å². The minimum Gasteiger partial charge on any atom is -0.480 e. The van der Waals surface area contributed by atoms with E-state index in [9.17, 15) is 9.90 Å². The number of halogens is 1. The number of carboxylic acids is 1. The van der Waals surface area contributed by atoms with Gasteiger partial charge in [-0.1, -0.05) is 11.6 Å². The first-order valence-electron chi connectivity index (χ1n) is 5.73. The molecule has 1 saturated heterocycles. The van der Waals surface area contributed by atoms with Crippen molar-refractivity contribution in [2.45, 2.75) is 18.4 Å². The van der Waals surface area contributed by atoms with Gasteiger partial charge in [0.15, 0.2) is 0 Å². The van der Waals surface area contributed by atoms with Gasteiger partial charge in [0.05, 0.1) is 5.56 Å². The van der Waals surface area contributed by atoms with E-state index in [0.717, 1.165) is 0 Å². The molecule has 0 spiro atoms. The van der Waals surface area contributed by atoms with Crippen molar-refractivity contribution >= 4 is 23.4 Å². The normalized spacial score (nSPS) is 17.5. The lowest BCUT2D eigenvalue weighted by Crippen LogP contribution is -2.50. The number of aromatic nitrogens is 1. The van der Waals surface area contributed by atoms with Crippen molar-refractivity contribution in [1.82, 2.24) is 4.98 Å². The van der Waals surface area contributed by atoms with Gasteiger partial charge in [-0.15, -0.1) is 0 Å². The second-order valence-corrected chi connectivity index (χ2v) is 4.64. The number of rotatable bonds is 3. The van der Waals surface area contributed by atoms with Crippen LogP contribution in [0, 0.1) is 11.3 Å². The van der Waals surface area contributed by atoms with Gasteiger partial charge in [0, 0.05) is 32.3 Å². The maximum Gasteiger partial charge on any atom is 0.329 e. The fraction of sp³-hybridized carbons (Fsp3) is 0.417. The number of aliphatic carboxylic acids is 1. The van der Waals surface area contributed by atoms with Gasteiger partial charge in [0.1, 0.15) is 22.4 Å². The SMILES string of the molecule is N#Cc1ccnc(NC2(C(=O)O)CCOCC2)c1Cl. The van der Waals surface area contributed by atoms with Crippen LogP contribution in [0.5, 0.6) is 0 Å². The molecule has 100 valence electrons. The van der Waals surface area contributed by atoms with E-state index < -0.39 is 11.5 Å². The van der Waals surface area contributed by atoms with Gasteiger partial charge in [0.2, 0.25) is 0 Å². The van der Waals surface area contributed by atoms with Crippen LogP contribution in [0.15, 0.2) is 12.3 Å². The van der Waals surface area contributed by atoms with Gasteiger partial charge < -0.3 is 15.2 Å². The van der Waals surface area contributed by atoms with Crippen LogP contribution in [0.25, 0.3) is 0 Å². The molecule has 1 aliphatic rings. The van der Waals surface area contributed by atoms with Crippen LogP contribution in [0.3, 0.4) is 0 Å². The lowest BCUT2D eigenvalue weighted by atomic mass is 9.90. The molecule has 1 aliphatic heterocycles. The van der Waals surface area contributed by atoms with Crippen molar-refractivity contribution in [2.75, 3.05) is 18.5 Å². The zero-order chi connectivity index (χ0) is 13.9. The summed E-state index contributed by atoms with van der Waals surface area (Å²) in [4.78, 5) is 15.5. The molecule has 0 atom stereocenters. The standard InChI is InChI=1S/C12H12ClN3O3/c13-9-8(7-14)1-4-15-10(9)16-12(11(17)18)2-5-19-6-3-12/h1,4H,2-3,5-6H2,(H,15,16)(H,17,18). The fourth-order valence-corrected chi connectivity index (χ4v) is 2.16. The molecule has 0 amide bonds. The third-order valence-corrected chi connectivity index (χ3v) is 3.51. The number of carboxylic acid groups (broad SMARTS) is 1. The minimum absolute atomic E-state index is 0.136. The first-order chi connectivity index (χ1) is 9.09. The number of ether oxygens (including phenoxy) is 1. The van der Waals surface area contributed by atoms with Gasteiger partial charge in [-0.25, -0.2) is 9.78 Å². The molecule has 7 heteroatoms. The van der Waals surface area contributed by atoms with Crippen molar-refractivity contribution in [2.24, 2.45) is 0 Å². The summed E-state index contributed by atoms with van der Waals surface area (Å²) in [6.07, 6.45) is 2.05. The predicted molar refractivity (Wildman–Crippen MR) is 68.0 cm³/mol. The Morgan fingerprint density at radius 3 is 2.84 bits per heavy atom. The van der Waals surface area contributed by atoms with Gasteiger partial charge in [-0.2, -0.15) is 5.26 Å². The van der Waals surface area contributed by atoms with Crippen molar-refractivity contribution in [3.05, 3.63) is 22.8 Å². The van der Waals surface area contributed by atoms with Crippen molar-refractivity contribution < 1.29 is 14.6 Å². The van der Waals surface area contributed by atoms with Crippen LogP contribution >= 0.6 is 11.6 Å². The Kier molecular flexibility index (Phi) is 3.88. The lowest BCUT2D eigenvalue weighted by Gasteiger charge is -2.34. The van der Waals surface area contributed by atoms with E-state index >= 15 is 0 Å². The minimum atomic E-state index is -1.15. The summed E-state index contributed by atoms with van der Waals surface area (Å²) in [7, 11) is 0. The van der Waals surface area contributed by atoms with Crippen LogP contribution in [0.2, 0.25) is 5.02 Å². The molecule has 2 N–H and O–H groups in total. The topological polar surface area (TPSA) is 95.2 Å². The van der Waals surface area contributed by atoms with E-state index in [1.807, 2.05) is 6.07 Å². The first-order valence-corrected chi connectivity index (χ1v) is 6.11. The summed E-state index contributed by atoms with van der Waals surface area (Å²) in [6, 6.07) is 3.41. The Morgan fingerprint density at radius 1 is 1.58 bits per heavy atom. The smallest absolute Gasteiger partial charge is 0.329 e. The number of nitrogens with zero attached hydrogens (tertiary/aromatic N) is 2. The average Bonchev–Trinajstić information content (AvgIpc) is 2.42. The van der Waals surface area contributed by atoms with Crippen LogP contribution in [-0.4, -0.2) is 34.8 Å². The average molecular weight is 282 g/mol. The number of hydrogen-bond acceptors (Lipinski definition) is 5. The van der Waals surface area contributed by atoms with E-state index in [4.69, 9.17) is 21.6 Å². The van der Waals surface area contributed by atoms with E-state index in [1.54, 1.807) is 0 Å². The second kappa shape index (κ2) is 5.43. The van der Waals surface area contributed by atoms with Crippen molar-refractivity contribution in [1.29, 1.82) is 5.26 Å². The molecule has 19 heavy (non-hydrogen) atoms. The highest BCUT2D eigenvalue weighted by Crippen LogP contribution is 2.30. The molecule has 0 aromatic carbocycles. The third kappa shape index (κ3) is 2.62. The van der Waals surface area contributed by atoms with Crippen LogP contribution in [0.1, 0.15) is 18.4 Å². The summed E-state index contributed by atoms with van der Waals surface area (Å²) in [5.74, 6) is -0.763. The molecule has 1 aromatic rings. The monoisotopic (exact) mass is 281 g/mol.